The van der Waals surface area contributed by atoms with Crippen molar-refractivity contribution < 1.29 is 28.5 Å². The summed E-state index contributed by atoms with van der Waals surface area (Å²) in [5, 5.41) is 5.14. The molecule has 1 aliphatic heterocycles. The van der Waals surface area contributed by atoms with E-state index < -0.39 is 0 Å². The van der Waals surface area contributed by atoms with Gasteiger partial charge in [-0.25, -0.2) is 0 Å². The maximum absolute atomic E-state index is 12.5. The Balaban J connectivity index is 1.36. The van der Waals surface area contributed by atoms with Gasteiger partial charge < -0.3 is 24.3 Å². The van der Waals surface area contributed by atoms with E-state index in [4.69, 9.17) is 18.9 Å². The summed E-state index contributed by atoms with van der Waals surface area (Å²) in [7, 11) is 1.40. The van der Waals surface area contributed by atoms with Crippen molar-refractivity contribution in [3.8, 4) is 17.2 Å². The molecule has 0 spiro atoms. The number of amides is 1. The molecule has 1 unspecified atom stereocenters. The fourth-order valence-electron chi connectivity index (χ4n) is 5.48. The summed E-state index contributed by atoms with van der Waals surface area (Å²) >= 11 is 0. The van der Waals surface area contributed by atoms with Gasteiger partial charge in [-0.1, -0.05) is 49.9 Å². The molecule has 3 aromatic rings. The van der Waals surface area contributed by atoms with Gasteiger partial charge in [-0.15, -0.1) is 0 Å². The van der Waals surface area contributed by atoms with Crippen LogP contribution < -0.4 is 19.5 Å². The summed E-state index contributed by atoms with van der Waals surface area (Å²) in [6.45, 7) is 2.19. The lowest BCUT2D eigenvalue weighted by molar-refractivity contribution is -0.140. The largest absolute Gasteiger partial charge is 0.484 e. The Labute approximate surface area is 223 Å². The summed E-state index contributed by atoms with van der Waals surface area (Å²) < 4.78 is 22.0. The Morgan fingerprint density at radius 2 is 1.68 bits per heavy atom. The average molecular weight is 518 g/mol. The van der Waals surface area contributed by atoms with Crippen molar-refractivity contribution in [2.45, 2.75) is 63.8 Å². The third-order valence-corrected chi connectivity index (χ3v) is 7.56. The molecular formula is C31H35NO6. The maximum Gasteiger partial charge on any atom is 0.306 e. The molecule has 1 saturated carbocycles. The Morgan fingerprint density at radius 3 is 2.45 bits per heavy atom. The molecule has 0 saturated heterocycles. The molecule has 0 aromatic heterocycles. The topological polar surface area (TPSA) is 83.1 Å². The molecule has 200 valence electrons. The van der Waals surface area contributed by atoms with Gasteiger partial charge in [-0.05, 0) is 71.5 Å². The van der Waals surface area contributed by atoms with Crippen LogP contribution in [0.4, 0.5) is 0 Å². The molecule has 1 amide bonds. The van der Waals surface area contributed by atoms with Crippen molar-refractivity contribution in [2.24, 2.45) is 0 Å². The molecule has 0 radical (unpaired) electrons. The smallest absolute Gasteiger partial charge is 0.306 e. The molecule has 0 bridgehead atoms. The quantitative estimate of drug-likeness (QED) is 0.301. The predicted molar refractivity (Wildman–Crippen MR) is 145 cm³/mol. The number of rotatable bonds is 8. The van der Waals surface area contributed by atoms with Gasteiger partial charge in [0.2, 0.25) is 6.79 Å². The van der Waals surface area contributed by atoms with Crippen LogP contribution in [0.3, 0.4) is 0 Å². The number of aryl methyl sites for hydroxylation is 1. The third kappa shape index (κ3) is 6.04. The minimum absolute atomic E-state index is 0.0109. The lowest BCUT2D eigenvalue weighted by Crippen LogP contribution is -2.37. The van der Waals surface area contributed by atoms with Crippen LogP contribution in [0.2, 0.25) is 0 Å². The van der Waals surface area contributed by atoms with Crippen molar-refractivity contribution in [2.75, 3.05) is 20.5 Å². The molecule has 3 aromatic carbocycles. The minimum atomic E-state index is -0.288. The van der Waals surface area contributed by atoms with E-state index in [1.165, 1.54) is 32.8 Å². The van der Waals surface area contributed by atoms with E-state index in [1.54, 1.807) is 0 Å². The molecular weight excluding hydrogens is 482 g/mol. The van der Waals surface area contributed by atoms with Crippen LogP contribution in [-0.2, 0) is 14.3 Å². The molecule has 1 heterocycles. The zero-order valence-corrected chi connectivity index (χ0v) is 22.1. The van der Waals surface area contributed by atoms with Gasteiger partial charge >= 0.3 is 5.97 Å². The lowest BCUT2D eigenvalue weighted by Gasteiger charge is -2.20. The first-order valence-corrected chi connectivity index (χ1v) is 13.4. The first kappa shape index (κ1) is 25.9. The number of esters is 1. The number of ether oxygens (including phenoxy) is 4. The highest BCUT2D eigenvalue weighted by Crippen LogP contribution is 2.40. The summed E-state index contributed by atoms with van der Waals surface area (Å²) in [6.07, 6.45) is 7.11. The van der Waals surface area contributed by atoms with Crippen LogP contribution in [-0.4, -0.2) is 38.4 Å². The number of methoxy groups -OCH3 is 1. The van der Waals surface area contributed by atoms with Gasteiger partial charge in [0, 0.05) is 12.0 Å². The van der Waals surface area contributed by atoms with Crippen LogP contribution in [0.15, 0.2) is 48.5 Å². The van der Waals surface area contributed by atoms with Crippen LogP contribution in [0, 0.1) is 6.92 Å². The van der Waals surface area contributed by atoms with E-state index >= 15 is 0 Å². The molecule has 1 atom stereocenters. The van der Waals surface area contributed by atoms with Gasteiger partial charge in [-0.2, -0.15) is 0 Å². The lowest BCUT2D eigenvalue weighted by atomic mass is 9.85. The van der Waals surface area contributed by atoms with Crippen molar-refractivity contribution >= 4 is 22.6 Å². The van der Waals surface area contributed by atoms with E-state index in [-0.39, 0.29) is 43.7 Å². The maximum atomic E-state index is 12.5. The molecule has 1 aliphatic carbocycles. The van der Waals surface area contributed by atoms with Gasteiger partial charge in [0.05, 0.1) is 13.5 Å². The predicted octanol–water partition coefficient (Wildman–Crippen LogP) is 5.79. The van der Waals surface area contributed by atoms with E-state index in [1.807, 2.05) is 49.4 Å². The summed E-state index contributed by atoms with van der Waals surface area (Å²) in [6, 6.07) is 16.1. The number of hydrogen-bond acceptors (Lipinski definition) is 6. The highest BCUT2D eigenvalue weighted by Gasteiger charge is 2.25. The summed E-state index contributed by atoms with van der Waals surface area (Å²) in [5.41, 5.74) is 2.98. The SMILES string of the molecule is COC(=O)CC(c1ccc2ccc(OCC(=O)NC3CCCCCC3)cc2c1)c1cc2c(cc1C)OCO2. The third-order valence-electron chi connectivity index (χ3n) is 7.56. The molecule has 5 rings (SSSR count). The second-order valence-electron chi connectivity index (χ2n) is 10.2. The van der Waals surface area contributed by atoms with Gasteiger partial charge in [-0.3, -0.25) is 9.59 Å². The fraction of sp³-hybridized carbons (Fsp3) is 0.419. The molecule has 2 aliphatic rings. The fourth-order valence-corrected chi connectivity index (χ4v) is 5.48. The second-order valence-corrected chi connectivity index (χ2v) is 10.2. The number of nitrogens with one attached hydrogen (secondary N) is 1. The Hall–Kier alpha value is -3.74. The van der Waals surface area contributed by atoms with Gasteiger partial charge in [0.1, 0.15) is 5.75 Å². The molecule has 7 heteroatoms. The monoisotopic (exact) mass is 517 g/mol. The zero-order chi connectivity index (χ0) is 26.5. The van der Waals surface area contributed by atoms with Crippen LogP contribution in [0.5, 0.6) is 17.2 Å². The van der Waals surface area contributed by atoms with Crippen LogP contribution >= 0.6 is 0 Å². The van der Waals surface area contributed by atoms with Crippen molar-refractivity contribution in [1.29, 1.82) is 0 Å². The molecule has 1 N–H and O–H groups in total. The van der Waals surface area contributed by atoms with E-state index in [0.29, 0.717) is 17.2 Å². The van der Waals surface area contributed by atoms with E-state index in [2.05, 4.69) is 11.4 Å². The highest BCUT2D eigenvalue weighted by molar-refractivity contribution is 5.85. The summed E-state index contributed by atoms with van der Waals surface area (Å²) in [4.78, 5) is 24.9. The molecule has 1 fully saturated rings. The van der Waals surface area contributed by atoms with Crippen LogP contribution in [0.25, 0.3) is 10.8 Å². The number of benzene rings is 3. The second kappa shape index (κ2) is 11.8. The highest BCUT2D eigenvalue weighted by atomic mass is 16.7. The first-order chi connectivity index (χ1) is 18.5. The number of carbonyl (C=O) groups excluding carboxylic acids is 2. The number of fused-ring (bicyclic) bond motifs is 2. The van der Waals surface area contributed by atoms with Gasteiger partial charge in [0.15, 0.2) is 18.1 Å². The van der Waals surface area contributed by atoms with Crippen molar-refractivity contribution in [3.05, 3.63) is 65.2 Å². The van der Waals surface area contributed by atoms with Crippen molar-refractivity contribution in [1.82, 2.24) is 5.32 Å². The normalized spacial score (nSPS) is 16.1. The average Bonchev–Trinajstić information content (AvgIpc) is 3.22. The standard InChI is InChI=1S/C31H35NO6/c1-20-13-28-29(38-19-37-28)16-26(20)27(17-31(34)35-2)22-10-9-21-11-12-25(15-23(21)14-22)36-18-30(33)32-24-7-5-3-4-6-8-24/h9-16,24,27H,3-8,17-19H2,1-2H3,(H,32,33). The minimum Gasteiger partial charge on any atom is -0.484 e. The van der Waals surface area contributed by atoms with Crippen LogP contribution in [0.1, 0.15) is 67.6 Å². The van der Waals surface area contributed by atoms with Crippen molar-refractivity contribution in [3.63, 3.8) is 0 Å². The Kier molecular flexibility index (Phi) is 8.01. The first-order valence-electron chi connectivity index (χ1n) is 13.4. The molecule has 7 nitrogen and oxygen atoms in total. The summed E-state index contributed by atoms with van der Waals surface area (Å²) in [5.74, 6) is 1.43. The van der Waals surface area contributed by atoms with E-state index in [9.17, 15) is 9.59 Å². The zero-order valence-electron chi connectivity index (χ0n) is 22.1. The number of hydrogen-bond donors (Lipinski definition) is 1. The number of carbonyl (C=O) groups is 2. The Bertz CT molecular complexity index is 1310. The Morgan fingerprint density at radius 1 is 0.947 bits per heavy atom. The van der Waals surface area contributed by atoms with Gasteiger partial charge in [0.25, 0.3) is 5.91 Å². The van der Waals surface area contributed by atoms with E-state index in [0.717, 1.165) is 40.3 Å². The molecule has 38 heavy (non-hydrogen) atoms.